The summed E-state index contributed by atoms with van der Waals surface area (Å²) in [7, 11) is -0.612. The zero-order chi connectivity index (χ0) is 28.6. The molecule has 0 radical (unpaired) electrons. The van der Waals surface area contributed by atoms with Gasteiger partial charge in [-0.2, -0.15) is 0 Å². The highest BCUT2D eigenvalue weighted by atomic mass is 32.2. The minimum absolute atomic E-state index is 0.00694. The van der Waals surface area contributed by atoms with Crippen LogP contribution in [0.1, 0.15) is 61.3 Å². The van der Waals surface area contributed by atoms with Crippen LogP contribution >= 0.6 is 0 Å². The standard InChI is InChI=1S/C29H33NO2S.C6H10O2/c1-21-16-27(32-20-22-12-14-33(31)15-13-22)18-25-7-5-6-24-11-10-23(17-28(24)29(21)25)19-30-26-8-3-2-4-9-26;1-2-8-6(7)5-3-4-5/h2-4,8-11,16-18,22,30H,5-7,12-15,19-20H2,1H3;5H,2-4H2,1H3. The van der Waals surface area contributed by atoms with Gasteiger partial charge in [0, 0.05) is 34.5 Å². The number of anilines is 1. The third kappa shape index (κ3) is 8.22. The molecule has 5 nitrogen and oxygen atoms in total. The lowest BCUT2D eigenvalue weighted by molar-refractivity contribution is -0.144. The van der Waals surface area contributed by atoms with Crippen LogP contribution in [-0.2, 0) is 39.7 Å². The predicted molar refractivity (Wildman–Crippen MR) is 168 cm³/mol. The van der Waals surface area contributed by atoms with Gasteiger partial charge in [0.05, 0.1) is 19.1 Å². The molecule has 1 aliphatic heterocycles. The van der Waals surface area contributed by atoms with Gasteiger partial charge in [-0.05, 0) is 128 Å². The second-order valence-electron chi connectivity index (χ2n) is 11.5. The van der Waals surface area contributed by atoms with Gasteiger partial charge in [0.15, 0.2) is 0 Å². The number of hydrogen-bond acceptors (Lipinski definition) is 5. The Labute approximate surface area is 247 Å². The van der Waals surface area contributed by atoms with Crippen molar-refractivity contribution in [1.29, 1.82) is 0 Å². The van der Waals surface area contributed by atoms with E-state index in [1.54, 1.807) is 0 Å². The maximum Gasteiger partial charge on any atom is 0.308 e. The predicted octanol–water partition coefficient (Wildman–Crippen LogP) is 7.26. The zero-order valence-corrected chi connectivity index (χ0v) is 25.3. The minimum Gasteiger partial charge on any atom is -0.493 e. The Balaban J connectivity index is 0.000000365. The number of rotatable bonds is 8. The molecule has 0 amide bonds. The summed E-state index contributed by atoms with van der Waals surface area (Å²) in [6.07, 6.45) is 7.48. The maximum atomic E-state index is 11.6. The third-order valence-electron chi connectivity index (χ3n) is 8.19. The highest BCUT2D eigenvalue weighted by Crippen LogP contribution is 2.38. The minimum atomic E-state index is -0.612. The summed E-state index contributed by atoms with van der Waals surface area (Å²) in [5, 5.41) is 3.54. The molecule has 3 aromatic carbocycles. The summed E-state index contributed by atoms with van der Waals surface area (Å²) in [6.45, 7) is 6.13. The lowest BCUT2D eigenvalue weighted by Gasteiger charge is -2.22. The van der Waals surface area contributed by atoms with E-state index in [4.69, 9.17) is 9.47 Å². The third-order valence-corrected chi connectivity index (χ3v) is 9.57. The van der Waals surface area contributed by atoms with Crippen LogP contribution in [0.5, 0.6) is 5.75 Å². The molecule has 41 heavy (non-hydrogen) atoms. The molecule has 0 unspecified atom stereocenters. The van der Waals surface area contributed by atoms with E-state index in [9.17, 15) is 9.00 Å². The molecule has 218 valence electrons. The molecule has 2 aliphatic carbocycles. The largest absolute Gasteiger partial charge is 0.493 e. The van der Waals surface area contributed by atoms with Crippen LogP contribution in [-0.4, -0.2) is 34.9 Å². The topological polar surface area (TPSA) is 64.6 Å². The average molecular weight is 574 g/mol. The Bertz CT molecular complexity index is 1340. The average Bonchev–Trinajstić information content (AvgIpc) is 3.84. The van der Waals surface area contributed by atoms with E-state index >= 15 is 0 Å². The number of aryl methyl sites for hydroxylation is 3. The molecule has 6 heteroatoms. The first-order valence-electron chi connectivity index (χ1n) is 15.2. The molecular formula is C35H43NO4S. The van der Waals surface area contributed by atoms with Crippen molar-refractivity contribution >= 4 is 22.5 Å². The van der Waals surface area contributed by atoms with Crippen molar-refractivity contribution in [2.24, 2.45) is 11.8 Å². The van der Waals surface area contributed by atoms with Gasteiger partial charge in [-0.15, -0.1) is 0 Å². The number of ether oxygens (including phenoxy) is 2. The molecule has 1 heterocycles. The number of esters is 1. The normalized spacial score (nSPS) is 19.5. The van der Waals surface area contributed by atoms with E-state index in [1.807, 2.05) is 13.0 Å². The Morgan fingerprint density at radius 3 is 2.44 bits per heavy atom. The van der Waals surface area contributed by atoms with E-state index in [-0.39, 0.29) is 11.9 Å². The van der Waals surface area contributed by atoms with Crippen LogP contribution in [0.4, 0.5) is 5.69 Å². The molecule has 3 aliphatic rings. The summed E-state index contributed by atoms with van der Waals surface area (Å²) in [5.74, 6) is 3.43. The molecule has 0 aromatic heterocycles. The van der Waals surface area contributed by atoms with Crippen LogP contribution in [0.25, 0.3) is 11.1 Å². The first kappa shape index (κ1) is 29.4. The number of nitrogens with one attached hydrogen (secondary N) is 1. The second kappa shape index (κ2) is 14.2. The summed E-state index contributed by atoms with van der Waals surface area (Å²) in [4.78, 5) is 10.6. The smallest absolute Gasteiger partial charge is 0.308 e. The lowest BCUT2D eigenvalue weighted by atomic mass is 9.91. The van der Waals surface area contributed by atoms with E-state index in [0.717, 1.165) is 74.6 Å². The fourth-order valence-corrected chi connectivity index (χ4v) is 7.10. The van der Waals surface area contributed by atoms with Crippen molar-refractivity contribution in [1.82, 2.24) is 0 Å². The van der Waals surface area contributed by atoms with E-state index < -0.39 is 10.8 Å². The van der Waals surface area contributed by atoms with Crippen LogP contribution in [0.15, 0.2) is 60.7 Å². The number of hydrogen-bond donors (Lipinski definition) is 1. The maximum absolute atomic E-state index is 11.6. The molecule has 0 spiro atoms. The molecule has 0 bridgehead atoms. The fraction of sp³-hybridized carbons (Fsp3) is 0.457. The van der Waals surface area contributed by atoms with Gasteiger partial charge in [-0.25, -0.2) is 0 Å². The van der Waals surface area contributed by atoms with Crippen molar-refractivity contribution in [3.05, 3.63) is 82.9 Å². The molecular weight excluding hydrogens is 530 g/mol. The fourth-order valence-electron chi connectivity index (χ4n) is 5.71. The van der Waals surface area contributed by atoms with Crippen LogP contribution < -0.4 is 10.1 Å². The molecule has 1 saturated heterocycles. The Morgan fingerprint density at radius 1 is 0.951 bits per heavy atom. The quantitative estimate of drug-likeness (QED) is 0.287. The summed E-state index contributed by atoms with van der Waals surface area (Å²) >= 11 is 0. The number of carbonyl (C=O) groups is 1. The van der Waals surface area contributed by atoms with E-state index in [2.05, 4.69) is 66.8 Å². The summed E-state index contributed by atoms with van der Waals surface area (Å²) < 4.78 is 22.6. The first-order chi connectivity index (χ1) is 20.0. The van der Waals surface area contributed by atoms with Gasteiger partial charge in [0.2, 0.25) is 0 Å². The van der Waals surface area contributed by atoms with Crippen molar-refractivity contribution in [3.63, 3.8) is 0 Å². The number of fused-ring (bicyclic) bond motifs is 3. The SMILES string of the molecule is CCOC(=O)C1CC1.Cc1cc(OCC2CCS(=O)CC2)cc2c1-c1cc(CNc3ccccc3)ccc1CCC2. The van der Waals surface area contributed by atoms with Crippen molar-refractivity contribution in [2.75, 3.05) is 30.0 Å². The van der Waals surface area contributed by atoms with Gasteiger partial charge in [0.1, 0.15) is 5.75 Å². The Kier molecular flexibility index (Phi) is 10.2. The molecule has 2 fully saturated rings. The van der Waals surface area contributed by atoms with Gasteiger partial charge < -0.3 is 14.8 Å². The highest BCUT2D eigenvalue weighted by Gasteiger charge is 2.30. The van der Waals surface area contributed by atoms with E-state index in [0.29, 0.717) is 12.5 Å². The van der Waals surface area contributed by atoms with Gasteiger partial charge in [0.25, 0.3) is 0 Å². The molecule has 1 N–H and O–H groups in total. The van der Waals surface area contributed by atoms with Gasteiger partial charge in [-0.3, -0.25) is 9.00 Å². The van der Waals surface area contributed by atoms with Crippen LogP contribution in [0, 0.1) is 18.8 Å². The highest BCUT2D eigenvalue weighted by molar-refractivity contribution is 7.85. The first-order valence-corrected chi connectivity index (χ1v) is 16.7. The van der Waals surface area contributed by atoms with Crippen LogP contribution in [0.3, 0.4) is 0 Å². The lowest BCUT2D eigenvalue weighted by Crippen LogP contribution is -2.23. The van der Waals surface area contributed by atoms with Crippen molar-refractivity contribution in [3.8, 4) is 16.9 Å². The molecule has 1 saturated carbocycles. The van der Waals surface area contributed by atoms with E-state index in [1.165, 1.54) is 39.8 Å². The Hall–Kier alpha value is -3.12. The van der Waals surface area contributed by atoms with Crippen molar-refractivity contribution < 1.29 is 18.5 Å². The number of benzene rings is 3. The van der Waals surface area contributed by atoms with Gasteiger partial charge >= 0.3 is 5.97 Å². The zero-order valence-electron chi connectivity index (χ0n) is 24.5. The number of para-hydroxylation sites is 1. The van der Waals surface area contributed by atoms with Crippen molar-refractivity contribution in [2.45, 2.75) is 65.3 Å². The summed E-state index contributed by atoms with van der Waals surface area (Å²) in [6, 6.07) is 21.8. The molecule has 3 aromatic rings. The van der Waals surface area contributed by atoms with Gasteiger partial charge in [-0.1, -0.05) is 30.3 Å². The molecule has 6 rings (SSSR count). The molecule has 0 atom stereocenters. The monoisotopic (exact) mass is 573 g/mol. The Morgan fingerprint density at radius 2 is 1.71 bits per heavy atom. The summed E-state index contributed by atoms with van der Waals surface area (Å²) in [5.41, 5.74) is 9.38. The second-order valence-corrected chi connectivity index (χ2v) is 13.2. The van der Waals surface area contributed by atoms with Crippen LogP contribution in [0.2, 0.25) is 0 Å². The number of carbonyl (C=O) groups excluding carboxylic acids is 1.